The number of hydrogen-bond donors (Lipinski definition) is 0. The largest absolute Gasteiger partial charge is 0.490 e. The third-order valence-electron chi connectivity index (χ3n) is 5.38. The lowest BCUT2D eigenvalue weighted by atomic mass is 9.99. The molecule has 3 aliphatic rings. The SMILES string of the molecule is C=CC(=O)N1CCc2ccc(O[C@@H]3C[C@@H]4[C@H](C3)C4(F)F)cc2C1. The first-order chi connectivity index (χ1) is 11.0. The second kappa shape index (κ2) is 5.05. The fraction of sp³-hybridized carbons (Fsp3) is 0.500. The van der Waals surface area contributed by atoms with E-state index < -0.39 is 17.8 Å². The van der Waals surface area contributed by atoms with Crippen LogP contribution in [0.2, 0.25) is 0 Å². The molecule has 0 saturated heterocycles. The van der Waals surface area contributed by atoms with Crippen LogP contribution in [0.15, 0.2) is 30.9 Å². The van der Waals surface area contributed by atoms with Crippen LogP contribution in [0, 0.1) is 11.8 Å². The molecule has 23 heavy (non-hydrogen) atoms. The molecular formula is C18H19F2NO2. The molecule has 1 aliphatic heterocycles. The van der Waals surface area contributed by atoms with Crippen molar-refractivity contribution in [1.29, 1.82) is 0 Å². The number of nitrogens with zero attached hydrogens (tertiary/aromatic N) is 1. The molecule has 2 fully saturated rings. The minimum Gasteiger partial charge on any atom is -0.490 e. The molecule has 0 bridgehead atoms. The van der Waals surface area contributed by atoms with Gasteiger partial charge in [-0.15, -0.1) is 0 Å². The molecule has 0 spiro atoms. The van der Waals surface area contributed by atoms with E-state index in [1.807, 2.05) is 18.2 Å². The third-order valence-corrected chi connectivity index (χ3v) is 5.38. The highest BCUT2D eigenvalue weighted by atomic mass is 19.3. The molecule has 5 heteroatoms. The second-order valence-corrected chi connectivity index (χ2v) is 6.74. The van der Waals surface area contributed by atoms with Crippen LogP contribution in [0.25, 0.3) is 0 Å². The molecule has 0 unspecified atom stereocenters. The summed E-state index contributed by atoms with van der Waals surface area (Å²) in [4.78, 5) is 13.5. The number of benzene rings is 1. The van der Waals surface area contributed by atoms with Gasteiger partial charge in [0.25, 0.3) is 5.92 Å². The van der Waals surface area contributed by atoms with E-state index in [-0.39, 0.29) is 12.0 Å². The Balaban J connectivity index is 1.44. The van der Waals surface area contributed by atoms with Crippen LogP contribution in [0.1, 0.15) is 24.0 Å². The summed E-state index contributed by atoms with van der Waals surface area (Å²) < 4.78 is 32.4. The van der Waals surface area contributed by atoms with E-state index >= 15 is 0 Å². The van der Waals surface area contributed by atoms with E-state index in [1.54, 1.807) is 4.90 Å². The molecule has 2 saturated carbocycles. The van der Waals surface area contributed by atoms with Crippen molar-refractivity contribution in [3.8, 4) is 5.75 Å². The highest BCUT2D eigenvalue weighted by molar-refractivity contribution is 5.87. The van der Waals surface area contributed by atoms with Crippen molar-refractivity contribution in [2.24, 2.45) is 11.8 Å². The van der Waals surface area contributed by atoms with Crippen molar-refractivity contribution in [3.63, 3.8) is 0 Å². The fourth-order valence-corrected chi connectivity index (χ4v) is 3.98. The number of carbonyl (C=O) groups is 1. The van der Waals surface area contributed by atoms with Gasteiger partial charge in [0.1, 0.15) is 5.75 Å². The monoisotopic (exact) mass is 319 g/mol. The molecule has 3 nitrogen and oxygen atoms in total. The summed E-state index contributed by atoms with van der Waals surface area (Å²) in [5.41, 5.74) is 2.28. The summed E-state index contributed by atoms with van der Waals surface area (Å²) >= 11 is 0. The van der Waals surface area contributed by atoms with Gasteiger partial charge in [-0.2, -0.15) is 0 Å². The number of halogens is 2. The molecule has 4 rings (SSSR count). The molecule has 0 radical (unpaired) electrons. The Labute approximate surface area is 133 Å². The Bertz CT molecular complexity index is 659. The number of hydrogen-bond acceptors (Lipinski definition) is 2. The number of alkyl halides is 2. The lowest BCUT2D eigenvalue weighted by Crippen LogP contribution is -2.34. The molecule has 1 heterocycles. The van der Waals surface area contributed by atoms with Crippen LogP contribution in [-0.2, 0) is 17.8 Å². The van der Waals surface area contributed by atoms with E-state index in [2.05, 4.69) is 6.58 Å². The highest BCUT2D eigenvalue weighted by Gasteiger charge is 2.72. The molecule has 3 atom stereocenters. The van der Waals surface area contributed by atoms with Gasteiger partial charge in [0.15, 0.2) is 0 Å². The minimum absolute atomic E-state index is 0.0694. The van der Waals surface area contributed by atoms with Crippen molar-refractivity contribution in [2.45, 2.75) is 37.8 Å². The maximum absolute atomic E-state index is 13.2. The molecule has 1 amide bonds. The van der Waals surface area contributed by atoms with Crippen molar-refractivity contribution >= 4 is 5.91 Å². The maximum Gasteiger partial charge on any atom is 0.254 e. The van der Waals surface area contributed by atoms with E-state index in [1.165, 1.54) is 11.6 Å². The fourth-order valence-electron chi connectivity index (χ4n) is 3.98. The number of carbonyl (C=O) groups excluding carboxylic acids is 1. The summed E-state index contributed by atoms with van der Waals surface area (Å²) in [6, 6.07) is 5.87. The zero-order chi connectivity index (χ0) is 16.2. The van der Waals surface area contributed by atoms with Gasteiger partial charge in [0, 0.05) is 24.9 Å². The quantitative estimate of drug-likeness (QED) is 0.801. The highest BCUT2D eigenvalue weighted by Crippen LogP contribution is 2.64. The molecule has 1 aromatic rings. The molecule has 122 valence electrons. The Morgan fingerprint density at radius 3 is 2.74 bits per heavy atom. The topological polar surface area (TPSA) is 29.5 Å². The Kier molecular flexibility index (Phi) is 3.22. The van der Waals surface area contributed by atoms with Crippen molar-refractivity contribution < 1.29 is 18.3 Å². The van der Waals surface area contributed by atoms with Crippen molar-refractivity contribution in [2.75, 3.05) is 6.54 Å². The van der Waals surface area contributed by atoms with Gasteiger partial charge in [-0.05, 0) is 48.6 Å². The predicted molar refractivity (Wildman–Crippen MR) is 81.3 cm³/mol. The molecule has 2 aliphatic carbocycles. The number of amides is 1. The van der Waals surface area contributed by atoms with Gasteiger partial charge in [-0.3, -0.25) is 4.79 Å². The van der Waals surface area contributed by atoms with Gasteiger partial charge in [-0.1, -0.05) is 12.6 Å². The van der Waals surface area contributed by atoms with Crippen molar-refractivity contribution in [3.05, 3.63) is 42.0 Å². The zero-order valence-corrected chi connectivity index (χ0v) is 12.8. The first-order valence-corrected chi connectivity index (χ1v) is 8.06. The summed E-state index contributed by atoms with van der Waals surface area (Å²) in [6.07, 6.45) is 2.91. The second-order valence-electron chi connectivity index (χ2n) is 6.74. The Morgan fingerprint density at radius 1 is 1.30 bits per heavy atom. The van der Waals surface area contributed by atoms with Crippen molar-refractivity contribution in [1.82, 2.24) is 4.90 Å². The van der Waals surface area contributed by atoms with E-state index in [4.69, 9.17) is 4.74 Å². The lowest BCUT2D eigenvalue weighted by Gasteiger charge is -2.28. The first kappa shape index (κ1) is 14.7. The van der Waals surface area contributed by atoms with Crippen LogP contribution in [-0.4, -0.2) is 29.4 Å². The van der Waals surface area contributed by atoms with Gasteiger partial charge in [-0.25, -0.2) is 8.78 Å². The van der Waals surface area contributed by atoms with Crippen LogP contribution < -0.4 is 4.74 Å². The summed E-state index contributed by atoms with van der Waals surface area (Å²) in [7, 11) is 0. The van der Waals surface area contributed by atoms with Gasteiger partial charge >= 0.3 is 0 Å². The maximum atomic E-state index is 13.2. The van der Waals surface area contributed by atoms with Gasteiger partial charge < -0.3 is 9.64 Å². The minimum atomic E-state index is -2.46. The average molecular weight is 319 g/mol. The third kappa shape index (κ3) is 2.42. The zero-order valence-electron chi connectivity index (χ0n) is 12.8. The Morgan fingerprint density at radius 2 is 2.04 bits per heavy atom. The van der Waals surface area contributed by atoms with E-state index in [0.29, 0.717) is 31.7 Å². The van der Waals surface area contributed by atoms with E-state index in [9.17, 15) is 13.6 Å². The smallest absolute Gasteiger partial charge is 0.254 e. The van der Waals surface area contributed by atoms with E-state index in [0.717, 1.165) is 12.0 Å². The predicted octanol–water partition coefficient (Wildman–Crippen LogP) is 3.18. The van der Waals surface area contributed by atoms with Gasteiger partial charge in [0.2, 0.25) is 5.91 Å². The molecule has 0 aromatic heterocycles. The first-order valence-electron chi connectivity index (χ1n) is 8.06. The van der Waals surface area contributed by atoms with Crippen LogP contribution in [0.4, 0.5) is 8.78 Å². The normalized spacial score (nSPS) is 30.3. The average Bonchev–Trinajstić information content (AvgIpc) is 2.90. The molecule has 1 aromatic carbocycles. The van der Waals surface area contributed by atoms with Crippen LogP contribution in [0.3, 0.4) is 0 Å². The number of ether oxygens (including phenoxy) is 1. The number of fused-ring (bicyclic) bond motifs is 2. The summed E-state index contributed by atoms with van der Waals surface area (Å²) in [5, 5.41) is 0. The van der Waals surface area contributed by atoms with Crippen LogP contribution >= 0.6 is 0 Å². The van der Waals surface area contributed by atoms with Crippen LogP contribution in [0.5, 0.6) is 5.75 Å². The molecule has 0 N–H and O–H groups in total. The Hall–Kier alpha value is -1.91. The number of rotatable bonds is 3. The summed E-state index contributed by atoms with van der Waals surface area (Å²) in [5.74, 6) is -2.77. The lowest BCUT2D eigenvalue weighted by molar-refractivity contribution is -0.126. The summed E-state index contributed by atoms with van der Waals surface area (Å²) in [6.45, 7) is 4.76. The standard InChI is InChI=1S/C18H19F2NO2/c1-2-17(22)21-6-5-11-3-4-13(7-12(11)10-21)23-14-8-15-16(9-14)18(15,19)20/h2-4,7,14-16H,1,5-6,8-10H2/t14-,15-,16+. The van der Waals surface area contributed by atoms with Gasteiger partial charge in [0.05, 0.1) is 6.10 Å². The molecular weight excluding hydrogens is 300 g/mol.